The van der Waals surface area contributed by atoms with Crippen LogP contribution in [-0.4, -0.2) is 24.0 Å². The molecular weight excluding hydrogens is 502 g/mol. The Labute approximate surface area is 222 Å². The van der Waals surface area contributed by atoms with Crippen molar-refractivity contribution in [1.29, 1.82) is 0 Å². The van der Waals surface area contributed by atoms with Gasteiger partial charge in [-0.25, -0.2) is 10.2 Å². The average Bonchev–Trinajstić information content (AvgIpc) is 2.94. The van der Waals surface area contributed by atoms with Crippen molar-refractivity contribution < 1.29 is 19.1 Å². The number of amides is 2. The zero-order chi connectivity index (χ0) is 26.5. The van der Waals surface area contributed by atoms with Gasteiger partial charge in [-0.15, -0.1) is 0 Å². The molecule has 0 aliphatic heterocycles. The van der Waals surface area contributed by atoms with E-state index in [4.69, 9.17) is 16.3 Å². The van der Waals surface area contributed by atoms with Gasteiger partial charge in [0.25, 0.3) is 0 Å². The molecule has 0 bridgehead atoms. The average molecular weight is 522 g/mol. The molecule has 0 atom stereocenters. The summed E-state index contributed by atoms with van der Waals surface area (Å²) in [4.78, 5) is 37.7. The Bertz CT molecular complexity index is 1710. The summed E-state index contributed by atoms with van der Waals surface area (Å²) in [6.07, 6.45) is 1.34. The van der Waals surface area contributed by atoms with E-state index in [1.54, 1.807) is 42.5 Å². The summed E-state index contributed by atoms with van der Waals surface area (Å²) in [5.74, 6) is -2.16. The molecule has 0 aliphatic carbocycles. The number of carbonyl (C=O) groups excluding carboxylic acids is 3. The molecule has 5 aromatic rings. The lowest BCUT2D eigenvalue weighted by atomic mass is 10.0. The molecule has 0 unspecified atom stereocenters. The number of hydrogen-bond donors (Lipinski definition) is 2. The third kappa shape index (κ3) is 5.38. The number of hydrogen-bond acceptors (Lipinski definition) is 5. The van der Waals surface area contributed by atoms with Gasteiger partial charge in [0.05, 0.1) is 11.8 Å². The van der Waals surface area contributed by atoms with Crippen LogP contribution < -0.4 is 15.5 Å². The Morgan fingerprint density at radius 2 is 1.37 bits per heavy atom. The van der Waals surface area contributed by atoms with Gasteiger partial charge in [-0.05, 0) is 52.6 Å². The molecule has 7 nitrogen and oxygen atoms in total. The number of nitrogens with one attached hydrogen (secondary N) is 2. The Morgan fingerprint density at radius 1 is 0.711 bits per heavy atom. The lowest BCUT2D eigenvalue weighted by Crippen LogP contribution is -2.32. The number of carbonyl (C=O) groups is 3. The number of nitrogens with zero attached hydrogens (tertiary/aromatic N) is 1. The van der Waals surface area contributed by atoms with E-state index in [-0.39, 0.29) is 5.75 Å². The second-order valence-corrected chi connectivity index (χ2v) is 8.71. The first-order valence-corrected chi connectivity index (χ1v) is 12.0. The van der Waals surface area contributed by atoms with E-state index in [2.05, 4.69) is 15.8 Å². The SMILES string of the molecule is O=C(N/N=C/c1c(OC(=O)c2ccc(Cl)cc2)ccc2ccccc12)C(=O)Nc1cccc2ccccc12. The van der Waals surface area contributed by atoms with Crippen LogP contribution in [0.3, 0.4) is 0 Å². The van der Waals surface area contributed by atoms with Crippen LogP contribution in [0.5, 0.6) is 5.75 Å². The molecule has 186 valence electrons. The molecule has 0 spiro atoms. The van der Waals surface area contributed by atoms with Gasteiger partial charge < -0.3 is 10.1 Å². The lowest BCUT2D eigenvalue weighted by molar-refractivity contribution is -0.136. The van der Waals surface area contributed by atoms with Gasteiger partial charge in [0.1, 0.15) is 5.75 Å². The maximum absolute atomic E-state index is 12.7. The zero-order valence-corrected chi connectivity index (χ0v) is 20.6. The highest BCUT2D eigenvalue weighted by molar-refractivity contribution is 6.40. The van der Waals surface area contributed by atoms with Gasteiger partial charge in [0.2, 0.25) is 0 Å². The van der Waals surface area contributed by atoms with E-state index >= 15 is 0 Å². The molecular formula is C30H20ClN3O4. The molecule has 0 heterocycles. The van der Waals surface area contributed by atoms with Crippen molar-refractivity contribution in [3.8, 4) is 5.75 Å². The number of anilines is 1. The van der Waals surface area contributed by atoms with Crippen molar-refractivity contribution >= 4 is 62.8 Å². The van der Waals surface area contributed by atoms with Crippen LogP contribution in [0.25, 0.3) is 21.5 Å². The van der Waals surface area contributed by atoms with Gasteiger partial charge in [0.15, 0.2) is 0 Å². The Hall–Kier alpha value is -5.01. The zero-order valence-electron chi connectivity index (χ0n) is 19.9. The van der Waals surface area contributed by atoms with Crippen molar-refractivity contribution in [2.75, 3.05) is 5.32 Å². The number of benzene rings is 5. The molecule has 0 saturated carbocycles. The Balaban J connectivity index is 1.35. The minimum absolute atomic E-state index is 0.238. The summed E-state index contributed by atoms with van der Waals surface area (Å²) in [5, 5.41) is 10.5. The molecule has 38 heavy (non-hydrogen) atoms. The lowest BCUT2D eigenvalue weighted by Gasteiger charge is -2.11. The first kappa shape index (κ1) is 24.7. The predicted octanol–water partition coefficient (Wildman–Crippen LogP) is 5.95. The number of fused-ring (bicyclic) bond motifs is 2. The topological polar surface area (TPSA) is 96.9 Å². The van der Waals surface area contributed by atoms with Crippen LogP contribution in [0.2, 0.25) is 5.02 Å². The Morgan fingerprint density at radius 3 is 2.13 bits per heavy atom. The molecule has 0 saturated heterocycles. The van der Waals surface area contributed by atoms with Crippen LogP contribution in [0.15, 0.2) is 108 Å². The smallest absolute Gasteiger partial charge is 0.343 e. The molecule has 0 aliphatic rings. The normalized spacial score (nSPS) is 11.0. The largest absolute Gasteiger partial charge is 0.422 e. The second kappa shape index (κ2) is 10.9. The fraction of sp³-hybridized carbons (Fsp3) is 0. The number of halogens is 1. The standard InChI is InChI=1S/C30H20ClN3O4/c31-22-15-12-21(13-16-22)30(37)38-27-17-14-20-7-1-3-9-23(20)25(27)18-32-34-29(36)28(35)33-26-11-5-8-19-6-2-4-10-24(19)26/h1-18H,(H,33,35)(H,34,36)/b32-18+. The molecule has 8 heteroatoms. The highest BCUT2D eigenvalue weighted by Gasteiger charge is 2.16. The molecule has 5 rings (SSSR count). The van der Waals surface area contributed by atoms with E-state index in [0.29, 0.717) is 21.8 Å². The fourth-order valence-corrected chi connectivity index (χ4v) is 4.09. The molecule has 5 aromatic carbocycles. The molecule has 2 N–H and O–H groups in total. The first-order valence-electron chi connectivity index (χ1n) is 11.6. The quantitative estimate of drug-likeness (QED) is 0.0981. The van der Waals surface area contributed by atoms with Gasteiger partial charge in [-0.1, -0.05) is 78.3 Å². The van der Waals surface area contributed by atoms with Crippen molar-refractivity contribution in [3.05, 3.63) is 119 Å². The predicted molar refractivity (Wildman–Crippen MR) is 149 cm³/mol. The van der Waals surface area contributed by atoms with Crippen LogP contribution in [-0.2, 0) is 9.59 Å². The van der Waals surface area contributed by atoms with E-state index in [0.717, 1.165) is 21.5 Å². The summed E-state index contributed by atoms with van der Waals surface area (Å²) in [7, 11) is 0. The summed E-state index contributed by atoms with van der Waals surface area (Å²) < 4.78 is 5.64. The summed E-state index contributed by atoms with van der Waals surface area (Å²) in [5.41, 5.74) is 3.54. The van der Waals surface area contributed by atoms with Crippen molar-refractivity contribution in [2.24, 2.45) is 5.10 Å². The van der Waals surface area contributed by atoms with Crippen molar-refractivity contribution in [1.82, 2.24) is 5.43 Å². The minimum atomic E-state index is -0.950. The van der Waals surface area contributed by atoms with E-state index in [1.807, 2.05) is 60.7 Å². The van der Waals surface area contributed by atoms with Crippen LogP contribution in [0.4, 0.5) is 5.69 Å². The minimum Gasteiger partial charge on any atom is -0.422 e. The van der Waals surface area contributed by atoms with Gasteiger partial charge >= 0.3 is 17.8 Å². The van der Waals surface area contributed by atoms with E-state index < -0.39 is 17.8 Å². The van der Waals surface area contributed by atoms with Gasteiger partial charge in [-0.2, -0.15) is 5.10 Å². The van der Waals surface area contributed by atoms with Crippen LogP contribution in [0.1, 0.15) is 15.9 Å². The summed E-state index contributed by atoms with van der Waals surface area (Å²) in [6, 6.07) is 30.2. The molecule has 0 aromatic heterocycles. The second-order valence-electron chi connectivity index (χ2n) is 8.27. The van der Waals surface area contributed by atoms with Crippen LogP contribution >= 0.6 is 11.6 Å². The van der Waals surface area contributed by atoms with Crippen molar-refractivity contribution in [2.45, 2.75) is 0 Å². The number of rotatable bonds is 5. The first-order chi connectivity index (χ1) is 18.5. The fourth-order valence-electron chi connectivity index (χ4n) is 3.96. The van der Waals surface area contributed by atoms with E-state index in [1.165, 1.54) is 6.21 Å². The number of esters is 1. The van der Waals surface area contributed by atoms with Crippen LogP contribution in [0, 0.1) is 0 Å². The van der Waals surface area contributed by atoms with Gasteiger partial charge in [0, 0.05) is 21.7 Å². The molecule has 0 radical (unpaired) electrons. The summed E-state index contributed by atoms with van der Waals surface area (Å²) in [6.45, 7) is 0. The third-order valence-corrected chi connectivity index (χ3v) is 6.07. The maximum atomic E-state index is 12.7. The molecule has 2 amide bonds. The third-order valence-electron chi connectivity index (χ3n) is 5.82. The Kier molecular flexibility index (Phi) is 7.10. The number of hydrazone groups is 1. The monoisotopic (exact) mass is 521 g/mol. The highest BCUT2D eigenvalue weighted by Crippen LogP contribution is 2.28. The van der Waals surface area contributed by atoms with E-state index in [9.17, 15) is 14.4 Å². The maximum Gasteiger partial charge on any atom is 0.343 e. The summed E-state index contributed by atoms with van der Waals surface area (Å²) >= 11 is 5.91. The van der Waals surface area contributed by atoms with Gasteiger partial charge in [-0.3, -0.25) is 9.59 Å². The molecule has 0 fully saturated rings. The van der Waals surface area contributed by atoms with Crippen molar-refractivity contribution in [3.63, 3.8) is 0 Å². The highest BCUT2D eigenvalue weighted by atomic mass is 35.5. The number of ether oxygens (including phenoxy) is 1.